The highest BCUT2D eigenvalue weighted by atomic mass is 35.5. The molecule has 0 unspecified atom stereocenters. The Hall–Kier alpha value is -1.52. The summed E-state index contributed by atoms with van der Waals surface area (Å²) in [6.45, 7) is 4.88. The van der Waals surface area contributed by atoms with E-state index in [1.807, 2.05) is 29.8 Å². The Morgan fingerprint density at radius 3 is 2.75 bits per heavy atom. The molecule has 108 valence electrons. The van der Waals surface area contributed by atoms with Gasteiger partial charge in [0.05, 0.1) is 5.69 Å². The third-order valence-corrected chi connectivity index (χ3v) is 3.33. The van der Waals surface area contributed by atoms with E-state index < -0.39 is 0 Å². The van der Waals surface area contributed by atoms with E-state index in [2.05, 4.69) is 12.0 Å². The maximum atomic E-state index is 9.13. The van der Waals surface area contributed by atoms with E-state index >= 15 is 0 Å². The van der Waals surface area contributed by atoms with Crippen LogP contribution in [-0.4, -0.2) is 21.5 Å². The second kappa shape index (κ2) is 6.77. The summed E-state index contributed by atoms with van der Waals surface area (Å²) in [6, 6.07) is 7.30. The van der Waals surface area contributed by atoms with Crippen molar-refractivity contribution in [2.24, 2.45) is 0 Å². The molecule has 0 aliphatic heterocycles. The van der Waals surface area contributed by atoms with E-state index in [1.54, 1.807) is 6.07 Å². The minimum atomic E-state index is 0.0876. The largest absolute Gasteiger partial charge is 0.439 e. The van der Waals surface area contributed by atoms with E-state index in [4.69, 9.17) is 21.4 Å². The van der Waals surface area contributed by atoms with Gasteiger partial charge in [0.2, 0.25) is 5.88 Å². The Bertz CT molecular complexity index is 581. The van der Waals surface area contributed by atoms with Crippen molar-refractivity contribution in [1.82, 2.24) is 9.78 Å². The van der Waals surface area contributed by atoms with Gasteiger partial charge in [0.25, 0.3) is 0 Å². The van der Waals surface area contributed by atoms with Crippen LogP contribution in [0.3, 0.4) is 0 Å². The van der Waals surface area contributed by atoms with Crippen molar-refractivity contribution in [1.29, 1.82) is 0 Å². The van der Waals surface area contributed by atoms with Gasteiger partial charge in [0.1, 0.15) is 5.75 Å². The molecule has 4 nitrogen and oxygen atoms in total. The maximum absolute atomic E-state index is 9.13. The molecule has 0 saturated heterocycles. The van der Waals surface area contributed by atoms with Crippen molar-refractivity contribution in [3.05, 3.63) is 40.5 Å². The molecule has 0 aliphatic rings. The van der Waals surface area contributed by atoms with Crippen LogP contribution >= 0.6 is 11.6 Å². The summed E-state index contributed by atoms with van der Waals surface area (Å²) in [5.41, 5.74) is 1.94. The topological polar surface area (TPSA) is 47.3 Å². The SMILES string of the molecule is CCc1c(CCO)nn(CC)c1Oc1cccc(Cl)c1. The highest BCUT2D eigenvalue weighted by Crippen LogP contribution is 2.30. The summed E-state index contributed by atoms with van der Waals surface area (Å²) >= 11 is 5.98. The lowest BCUT2D eigenvalue weighted by atomic mass is 10.1. The number of rotatable bonds is 6. The van der Waals surface area contributed by atoms with Gasteiger partial charge in [-0.15, -0.1) is 0 Å². The van der Waals surface area contributed by atoms with Gasteiger partial charge in [0, 0.05) is 30.2 Å². The van der Waals surface area contributed by atoms with Crippen LogP contribution in [-0.2, 0) is 19.4 Å². The number of aliphatic hydroxyl groups is 1. The monoisotopic (exact) mass is 294 g/mol. The number of aryl methyl sites for hydroxylation is 1. The molecule has 0 spiro atoms. The van der Waals surface area contributed by atoms with Crippen molar-refractivity contribution in [2.45, 2.75) is 33.2 Å². The lowest BCUT2D eigenvalue weighted by Gasteiger charge is -2.09. The van der Waals surface area contributed by atoms with E-state index in [-0.39, 0.29) is 6.61 Å². The van der Waals surface area contributed by atoms with Crippen LogP contribution in [0, 0.1) is 0 Å². The van der Waals surface area contributed by atoms with Gasteiger partial charge in [-0.2, -0.15) is 5.10 Å². The van der Waals surface area contributed by atoms with Gasteiger partial charge in [-0.3, -0.25) is 0 Å². The Kier molecular flexibility index (Phi) is 5.04. The van der Waals surface area contributed by atoms with E-state index in [0.29, 0.717) is 23.7 Å². The number of aliphatic hydroxyl groups excluding tert-OH is 1. The summed E-state index contributed by atoms with van der Waals surface area (Å²) < 4.78 is 7.79. The third-order valence-electron chi connectivity index (χ3n) is 3.09. The fourth-order valence-electron chi connectivity index (χ4n) is 2.16. The second-order valence-electron chi connectivity index (χ2n) is 4.43. The lowest BCUT2D eigenvalue weighted by Crippen LogP contribution is -2.01. The van der Waals surface area contributed by atoms with Crippen LogP contribution in [0.2, 0.25) is 5.02 Å². The minimum Gasteiger partial charge on any atom is -0.439 e. The molecule has 2 aromatic rings. The molecule has 0 amide bonds. The molecule has 0 saturated carbocycles. The normalized spacial score (nSPS) is 10.8. The van der Waals surface area contributed by atoms with Crippen LogP contribution in [0.4, 0.5) is 0 Å². The highest BCUT2D eigenvalue weighted by Gasteiger charge is 2.17. The average Bonchev–Trinajstić information content (AvgIpc) is 2.76. The number of benzene rings is 1. The maximum Gasteiger partial charge on any atom is 0.221 e. The molecule has 5 heteroatoms. The summed E-state index contributed by atoms with van der Waals surface area (Å²) in [5.74, 6) is 1.43. The number of aromatic nitrogens is 2. The molecule has 1 heterocycles. The predicted octanol–water partition coefficient (Wildman–Crippen LogP) is 3.45. The number of hydrogen-bond donors (Lipinski definition) is 1. The fraction of sp³-hybridized carbons (Fsp3) is 0.400. The Morgan fingerprint density at radius 2 is 2.15 bits per heavy atom. The van der Waals surface area contributed by atoms with Crippen molar-refractivity contribution in [3.63, 3.8) is 0 Å². The smallest absolute Gasteiger partial charge is 0.221 e. The van der Waals surface area contributed by atoms with Gasteiger partial charge >= 0.3 is 0 Å². The van der Waals surface area contributed by atoms with Crippen molar-refractivity contribution in [3.8, 4) is 11.6 Å². The number of halogens is 1. The molecule has 0 fully saturated rings. The first-order valence-electron chi connectivity index (χ1n) is 6.82. The summed E-state index contributed by atoms with van der Waals surface area (Å²) in [5, 5.41) is 14.3. The fourth-order valence-corrected chi connectivity index (χ4v) is 2.34. The molecule has 1 N–H and O–H groups in total. The minimum absolute atomic E-state index is 0.0876. The molecule has 0 bridgehead atoms. The molecule has 0 aliphatic carbocycles. The summed E-state index contributed by atoms with van der Waals surface area (Å²) in [7, 11) is 0. The van der Waals surface area contributed by atoms with E-state index in [1.165, 1.54) is 0 Å². The molecule has 0 radical (unpaired) electrons. The van der Waals surface area contributed by atoms with Gasteiger partial charge in [-0.05, 0) is 31.5 Å². The van der Waals surface area contributed by atoms with Gasteiger partial charge in [-0.25, -0.2) is 4.68 Å². The number of hydrogen-bond acceptors (Lipinski definition) is 3. The average molecular weight is 295 g/mol. The van der Waals surface area contributed by atoms with Gasteiger partial charge < -0.3 is 9.84 Å². The summed E-state index contributed by atoms with van der Waals surface area (Å²) in [6.07, 6.45) is 1.35. The summed E-state index contributed by atoms with van der Waals surface area (Å²) in [4.78, 5) is 0. The Morgan fingerprint density at radius 1 is 1.35 bits per heavy atom. The zero-order chi connectivity index (χ0) is 14.5. The molecule has 20 heavy (non-hydrogen) atoms. The first kappa shape index (κ1) is 14.9. The first-order chi connectivity index (χ1) is 9.69. The first-order valence-corrected chi connectivity index (χ1v) is 7.20. The van der Waals surface area contributed by atoms with E-state index in [0.717, 1.165) is 23.6 Å². The predicted molar refractivity (Wildman–Crippen MR) is 79.6 cm³/mol. The number of nitrogens with zero attached hydrogens (tertiary/aromatic N) is 2. The van der Waals surface area contributed by atoms with Crippen LogP contribution in [0.15, 0.2) is 24.3 Å². The highest BCUT2D eigenvalue weighted by molar-refractivity contribution is 6.30. The zero-order valence-corrected chi connectivity index (χ0v) is 12.5. The van der Waals surface area contributed by atoms with Crippen molar-refractivity contribution in [2.75, 3.05) is 6.61 Å². The molecular weight excluding hydrogens is 276 g/mol. The van der Waals surface area contributed by atoms with Crippen molar-refractivity contribution < 1.29 is 9.84 Å². The standard InChI is InChI=1S/C15H19ClN2O2/c1-3-13-14(8-9-19)17-18(4-2)15(13)20-12-7-5-6-11(16)10-12/h5-7,10,19H,3-4,8-9H2,1-2H3. The molecule has 1 aromatic carbocycles. The van der Waals surface area contributed by atoms with Gasteiger partial charge in [0.15, 0.2) is 0 Å². The Labute approximate surface area is 123 Å². The molecular formula is C15H19ClN2O2. The zero-order valence-electron chi connectivity index (χ0n) is 11.8. The lowest BCUT2D eigenvalue weighted by molar-refractivity contribution is 0.297. The van der Waals surface area contributed by atoms with Crippen LogP contribution in [0.25, 0.3) is 0 Å². The molecule has 1 aromatic heterocycles. The van der Waals surface area contributed by atoms with E-state index in [9.17, 15) is 0 Å². The quantitative estimate of drug-likeness (QED) is 0.888. The molecule has 0 atom stereocenters. The third kappa shape index (κ3) is 3.14. The van der Waals surface area contributed by atoms with Crippen LogP contribution in [0.5, 0.6) is 11.6 Å². The van der Waals surface area contributed by atoms with Crippen molar-refractivity contribution >= 4 is 11.6 Å². The Balaban J connectivity index is 2.38. The van der Waals surface area contributed by atoms with Crippen LogP contribution in [0.1, 0.15) is 25.1 Å². The van der Waals surface area contributed by atoms with Gasteiger partial charge in [-0.1, -0.05) is 24.6 Å². The second-order valence-corrected chi connectivity index (χ2v) is 4.87. The number of ether oxygens (including phenoxy) is 1. The van der Waals surface area contributed by atoms with Crippen LogP contribution < -0.4 is 4.74 Å². The molecule has 2 rings (SSSR count).